The number of piperidine rings is 1. The molecular formula is C16H32N2O. The van der Waals surface area contributed by atoms with Crippen LogP contribution < -0.4 is 5.32 Å². The zero-order chi connectivity index (χ0) is 13.6. The van der Waals surface area contributed by atoms with Crippen molar-refractivity contribution in [3.63, 3.8) is 0 Å². The molecular weight excluding hydrogens is 236 g/mol. The van der Waals surface area contributed by atoms with Gasteiger partial charge in [0.2, 0.25) is 0 Å². The molecule has 2 heterocycles. The smallest absolute Gasteiger partial charge is 0.0472 e. The fourth-order valence-corrected chi connectivity index (χ4v) is 3.41. The molecule has 3 nitrogen and oxygen atoms in total. The van der Waals surface area contributed by atoms with Gasteiger partial charge in [-0.15, -0.1) is 0 Å². The Morgan fingerprint density at radius 2 is 1.79 bits per heavy atom. The Morgan fingerprint density at radius 3 is 2.42 bits per heavy atom. The third kappa shape index (κ3) is 5.05. The van der Waals surface area contributed by atoms with E-state index in [9.17, 15) is 0 Å². The average molecular weight is 268 g/mol. The summed E-state index contributed by atoms with van der Waals surface area (Å²) < 4.78 is 5.60. The molecule has 112 valence electrons. The summed E-state index contributed by atoms with van der Waals surface area (Å²) in [5.41, 5.74) is 0.463. The number of hydrogen-bond acceptors (Lipinski definition) is 3. The Hall–Kier alpha value is -0.120. The lowest BCUT2D eigenvalue weighted by atomic mass is 9.79. The van der Waals surface area contributed by atoms with E-state index in [-0.39, 0.29) is 0 Å². The number of nitrogens with one attached hydrogen (secondary N) is 1. The van der Waals surface area contributed by atoms with Crippen LogP contribution in [-0.4, -0.2) is 50.8 Å². The van der Waals surface area contributed by atoms with E-state index in [1.165, 1.54) is 58.3 Å². The van der Waals surface area contributed by atoms with Crippen LogP contribution >= 0.6 is 0 Å². The van der Waals surface area contributed by atoms with Crippen LogP contribution in [0, 0.1) is 11.3 Å². The lowest BCUT2D eigenvalue weighted by Crippen LogP contribution is -2.49. The van der Waals surface area contributed by atoms with Gasteiger partial charge in [-0.3, -0.25) is 0 Å². The van der Waals surface area contributed by atoms with Crippen LogP contribution in [0.25, 0.3) is 0 Å². The van der Waals surface area contributed by atoms with Crippen LogP contribution in [0.4, 0.5) is 0 Å². The molecule has 0 aromatic rings. The molecule has 19 heavy (non-hydrogen) atoms. The second-order valence-corrected chi connectivity index (χ2v) is 6.97. The van der Waals surface area contributed by atoms with Crippen molar-refractivity contribution in [1.29, 1.82) is 0 Å². The average Bonchev–Trinajstić information content (AvgIpc) is 2.40. The first kappa shape index (κ1) is 15.3. The van der Waals surface area contributed by atoms with E-state index < -0.39 is 0 Å². The second-order valence-electron chi connectivity index (χ2n) is 6.97. The highest BCUT2D eigenvalue weighted by atomic mass is 16.5. The van der Waals surface area contributed by atoms with Gasteiger partial charge in [-0.2, -0.15) is 0 Å². The van der Waals surface area contributed by atoms with Crippen molar-refractivity contribution in [2.75, 3.05) is 45.9 Å². The Bertz CT molecular complexity index is 243. The third-order valence-electron chi connectivity index (χ3n) is 4.61. The van der Waals surface area contributed by atoms with Crippen molar-refractivity contribution in [1.82, 2.24) is 10.2 Å². The SMILES string of the molecule is CC(C)CNCC1(CN2CCCCC2)CCOCC1. The molecule has 0 spiro atoms. The second kappa shape index (κ2) is 7.61. The van der Waals surface area contributed by atoms with Gasteiger partial charge in [-0.05, 0) is 56.7 Å². The Balaban J connectivity index is 1.85. The minimum absolute atomic E-state index is 0.463. The van der Waals surface area contributed by atoms with Gasteiger partial charge in [-0.25, -0.2) is 0 Å². The maximum Gasteiger partial charge on any atom is 0.0472 e. The summed E-state index contributed by atoms with van der Waals surface area (Å²) in [5, 5.41) is 3.70. The van der Waals surface area contributed by atoms with Crippen LogP contribution in [0.15, 0.2) is 0 Å². The number of rotatable bonds is 6. The van der Waals surface area contributed by atoms with Gasteiger partial charge in [0.05, 0.1) is 0 Å². The molecule has 0 amide bonds. The molecule has 3 heteroatoms. The van der Waals surface area contributed by atoms with Gasteiger partial charge in [-0.1, -0.05) is 20.3 Å². The van der Waals surface area contributed by atoms with E-state index in [2.05, 4.69) is 24.1 Å². The molecule has 0 unspecified atom stereocenters. The van der Waals surface area contributed by atoms with E-state index in [0.29, 0.717) is 5.41 Å². The number of hydrogen-bond donors (Lipinski definition) is 1. The molecule has 0 radical (unpaired) electrons. The summed E-state index contributed by atoms with van der Waals surface area (Å²) in [6.07, 6.45) is 6.68. The quantitative estimate of drug-likeness (QED) is 0.801. The molecule has 2 aliphatic heterocycles. The Labute approximate surface area is 119 Å². The Kier molecular flexibility index (Phi) is 6.11. The lowest BCUT2D eigenvalue weighted by molar-refractivity contribution is -0.00733. The molecule has 2 fully saturated rings. The van der Waals surface area contributed by atoms with Crippen molar-refractivity contribution in [3.05, 3.63) is 0 Å². The Morgan fingerprint density at radius 1 is 1.11 bits per heavy atom. The van der Waals surface area contributed by atoms with E-state index in [1.807, 2.05) is 0 Å². The van der Waals surface area contributed by atoms with Gasteiger partial charge in [0.25, 0.3) is 0 Å². The minimum atomic E-state index is 0.463. The summed E-state index contributed by atoms with van der Waals surface area (Å²) in [6.45, 7) is 12.7. The summed E-state index contributed by atoms with van der Waals surface area (Å²) in [5.74, 6) is 0.742. The molecule has 0 atom stereocenters. The van der Waals surface area contributed by atoms with Crippen LogP contribution in [0.5, 0.6) is 0 Å². The van der Waals surface area contributed by atoms with Crippen molar-refractivity contribution in [2.24, 2.45) is 11.3 Å². The predicted octanol–water partition coefficient (Wildman–Crippen LogP) is 2.51. The summed E-state index contributed by atoms with van der Waals surface area (Å²) in [7, 11) is 0. The highest BCUT2D eigenvalue weighted by Gasteiger charge is 2.34. The van der Waals surface area contributed by atoms with Crippen LogP contribution in [0.3, 0.4) is 0 Å². The van der Waals surface area contributed by atoms with Crippen molar-refractivity contribution < 1.29 is 4.74 Å². The highest BCUT2D eigenvalue weighted by Crippen LogP contribution is 2.31. The van der Waals surface area contributed by atoms with Crippen molar-refractivity contribution >= 4 is 0 Å². The highest BCUT2D eigenvalue weighted by molar-refractivity contribution is 4.88. The van der Waals surface area contributed by atoms with Gasteiger partial charge in [0.1, 0.15) is 0 Å². The van der Waals surface area contributed by atoms with Gasteiger partial charge >= 0.3 is 0 Å². The zero-order valence-electron chi connectivity index (χ0n) is 12.9. The molecule has 1 N–H and O–H groups in total. The molecule has 0 aromatic heterocycles. The topological polar surface area (TPSA) is 24.5 Å². The van der Waals surface area contributed by atoms with Crippen LogP contribution in [-0.2, 0) is 4.74 Å². The molecule has 0 aromatic carbocycles. The third-order valence-corrected chi connectivity index (χ3v) is 4.61. The fraction of sp³-hybridized carbons (Fsp3) is 1.00. The maximum atomic E-state index is 5.60. The van der Waals surface area contributed by atoms with Crippen LogP contribution in [0.2, 0.25) is 0 Å². The van der Waals surface area contributed by atoms with E-state index in [4.69, 9.17) is 4.74 Å². The largest absolute Gasteiger partial charge is 0.381 e. The van der Waals surface area contributed by atoms with Gasteiger partial charge < -0.3 is 15.0 Å². The predicted molar refractivity (Wildman–Crippen MR) is 80.5 cm³/mol. The van der Waals surface area contributed by atoms with Crippen molar-refractivity contribution in [2.45, 2.75) is 46.0 Å². The molecule has 2 rings (SSSR count). The van der Waals surface area contributed by atoms with E-state index in [1.54, 1.807) is 0 Å². The minimum Gasteiger partial charge on any atom is -0.381 e. The zero-order valence-corrected chi connectivity index (χ0v) is 12.9. The van der Waals surface area contributed by atoms with E-state index >= 15 is 0 Å². The molecule has 0 saturated carbocycles. The summed E-state index contributed by atoms with van der Waals surface area (Å²) in [6, 6.07) is 0. The molecule has 0 bridgehead atoms. The summed E-state index contributed by atoms with van der Waals surface area (Å²) >= 11 is 0. The number of nitrogens with zero attached hydrogens (tertiary/aromatic N) is 1. The van der Waals surface area contributed by atoms with Crippen LogP contribution in [0.1, 0.15) is 46.0 Å². The maximum absolute atomic E-state index is 5.60. The van der Waals surface area contributed by atoms with Crippen molar-refractivity contribution in [3.8, 4) is 0 Å². The molecule has 2 aliphatic rings. The molecule has 2 saturated heterocycles. The number of likely N-dealkylation sites (tertiary alicyclic amines) is 1. The first-order chi connectivity index (χ1) is 9.20. The molecule has 0 aliphatic carbocycles. The first-order valence-electron chi connectivity index (χ1n) is 8.21. The first-order valence-corrected chi connectivity index (χ1v) is 8.21. The number of ether oxygens (including phenoxy) is 1. The lowest BCUT2D eigenvalue weighted by Gasteiger charge is -2.42. The van der Waals surface area contributed by atoms with Gasteiger partial charge in [0, 0.05) is 26.3 Å². The van der Waals surface area contributed by atoms with E-state index in [0.717, 1.165) is 25.7 Å². The standard InChI is InChI=1S/C16H32N2O/c1-15(2)12-17-13-16(6-10-19-11-7-16)14-18-8-4-3-5-9-18/h15,17H,3-14H2,1-2H3. The fourth-order valence-electron chi connectivity index (χ4n) is 3.41. The summed E-state index contributed by atoms with van der Waals surface area (Å²) in [4.78, 5) is 2.70. The monoisotopic (exact) mass is 268 g/mol. The normalized spacial score (nSPS) is 24.8. The van der Waals surface area contributed by atoms with Gasteiger partial charge in [0.15, 0.2) is 0 Å².